The molecule has 2 aromatic carbocycles. The molecule has 1 aromatic heterocycles. The van der Waals surface area contributed by atoms with Crippen LogP contribution >= 0.6 is 15.9 Å². The van der Waals surface area contributed by atoms with Crippen LogP contribution in [0.5, 0.6) is 0 Å². The van der Waals surface area contributed by atoms with Gasteiger partial charge in [0.1, 0.15) is 0 Å². The van der Waals surface area contributed by atoms with Crippen molar-refractivity contribution in [2.24, 2.45) is 0 Å². The van der Waals surface area contributed by atoms with E-state index in [2.05, 4.69) is 57.3 Å². The molecule has 106 valence electrons. The van der Waals surface area contributed by atoms with Crippen LogP contribution in [0.3, 0.4) is 0 Å². The largest absolute Gasteiger partial charge is 0.397 e. The summed E-state index contributed by atoms with van der Waals surface area (Å²) in [5.74, 6) is 1.09. The SMILES string of the molecule is Cc1ccc(Cc2noc(-c3cccc(Br)c3N)n2)cc1. The first-order valence-electron chi connectivity index (χ1n) is 6.56. The fourth-order valence-corrected chi connectivity index (χ4v) is 2.41. The molecule has 0 saturated carbocycles. The molecule has 0 radical (unpaired) electrons. The van der Waals surface area contributed by atoms with Crippen LogP contribution in [-0.4, -0.2) is 10.1 Å². The van der Waals surface area contributed by atoms with Crippen molar-refractivity contribution in [2.45, 2.75) is 13.3 Å². The Bertz CT molecular complexity index is 765. The Labute approximate surface area is 131 Å². The molecule has 0 aliphatic rings. The summed E-state index contributed by atoms with van der Waals surface area (Å²) in [4.78, 5) is 4.42. The van der Waals surface area contributed by atoms with Crippen molar-refractivity contribution >= 4 is 21.6 Å². The average molecular weight is 344 g/mol. The zero-order valence-corrected chi connectivity index (χ0v) is 13.1. The second kappa shape index (κ2) is 5.69. The van der Waals surface area contributed by atoms with Crippen molar-refractivity contribution in [2.75, 3.05) is 5.73 Å². The Kier molecular flexibility index (Phi) is 3.75. The van der Waals surface area contributed by atoms with E-state index in [0.29, 0.717) is 23.8 Å². The molecular weight excluding hydrogens is 330 g/mol. The molecule has 0 saturated heterocycles. The third kappa shape index (κ3) is 2.97. The lowest BCUT2D eigenvalue weighted by molar-refractivity contribution is 0.424. The van der Waals surface area contributed by atoms with Crippen molar-refractivity contribution in [3.8, 4) is 11.5 Å². The second-order valence-electron chi connectivity index (χ2n) is 4.88. The Balaban J connectivity index is 1.86. The number of anilines is 1. The van der Waals surface area contributed by atoms with E-state index < -0.39 is 0 Å². The van der Waals surface area contributed by atoms with Crippen LogP contribution in [0.25, 0.3) is 11.5 Å². The molecule has 3 rings (SSSR count). The highest BCUT2D eigenvalue weighted by Crippen LogP contribution is 2.30. The number of nitrogen functional groups attached to an aromatic ring is 1. The standard InChI is InChI=1S/C16H14BrN3O/c1-10-5-7-11(8-6-10)9-14-19-16(21-20-14)12-3-2-4-13(17)15(12)18/h2-8H,9,18H2,1H3. The van der Waals surface area contributed by atoms with Crippen LogP contribution in [0.4, 0.5) is 5.69 Å². The summed E-state index contributed by atoms with van der Waals surface area (Å²) >= 11 is 3.40. The molecule has 21 heavy (non-hydrogen) atoms. The van der Waals surface area contributed by atoms with E-state index >= 15 is 0 Å². The predicted molar refractivity (Wildman–Crippen MR) is 85.8 cm³/mol. The van der Waals surface area contributed by atoms with Crippen LogP contribution in [0.2, 0.25) is 0 Å². The lowest BCUT2D eigenvalue weighted by atomic mass is 10.1. The first kappa shape index (κ1) is 13.8. The number of nitrogens with zero attached hydrogens (tertiary/aromatic N) is 2. The average Bonchev–Trinajstić information content (AvgIpc) is 2.93. The quantitative estimate of drug-likeness (QED) is 0.730. The maximum atomic E-state index is 6.02. The van der Waals surface area contributed by atoms with E-state index in [9.17, 15) is 0 Å². The molecule has 0 unspecified atom stereocenters. The Morgan fingerprint density at radius 2 is 1.90 bits per heavy atom. The number of aryl methyl sites for hydroxylation is 1. The van der Waals surface area contributed by atoms with Crippen LogP contribution in [0.15, 0.2) is 51.5 Å². The molecule has 0 bridgehead atoms. The van der Waals surface area contributed by atoms with E-state index in [1.54, 1.807) is 0 Å². The highest BCUT2D eigenvalue weighted by atomic mass is 79.9. The van der Waals surface area contributed by atoms with E-state index in [4.69, 9.17) is 10.3 Å². The number of nitrogens with two attached hydrogens (primary N) is 1. The van der Waals surface area contributed by atoms with Crippen LogP contribution < -0.4 is 5.73 Å². The van der Waals surface area contributed by atoms with E-state index in [1.165, 1.54) is 5.56 Å². The Hall–Kier alpha value is -2.14. The number of aromatic nitrogens is 2. The highest BCUT2D eigenvalue weighted by Gasteiger charge is 2.13. The summed E-state index contributed by atoms with van der Waals surface area (Å²) in [6.45, 7) is 2.06. The number of benzene rings is 2. The first-order chi connectivity index (χ1) is 10.1. The van der Waals surface area contributed by atoms with E-state index in [-0.39, 0.29) is 0 Å². The molecule has 0 aliphatic carbocycles. The van der Waals surface area contributed by atoms with Crippen LogP contribution in [-0.2, 0) is 6.42 Å². The first-order valence-corrected chi connectivity index (χ1v) is 7.35. The fraction of sp³-hybridized carbons (Fsp3) is 0.125. The monoisotopic (exact) mass is 343 g/mol. The molecule has 4 nitrogen and oxygen atoms in total. The minimum atomic E-state index is 0.441. The number of hydrogen-bond acceptors (Lipinski definition) is 4. The van der Waals surface area contributed by atoms with E-state index in [1.807, 2.05) is 18.2 Å². The smallest absolute Gasteiger partial charge is 0.260 e. The van der Waals surface area contributed by atoms with Crippen molar-refractivity contribution in [3.05, 3.63) is 63.9 Å². The number of hydrogen-bond donors (Lipinski definition) is 1. The molecule has 1 heterocycles. The summed E-state index contributed by atoms with van der Waals surface area (Å²) in [6.07, 6.45) is 0.637. The molecular formula is C16H14BrN3O. The van der Waals surface area contributed by atoms with Crippen molar-refractivity contribution in [1.82, 2.24) is 10.1 Å². The Morgan fingerprint density at radius 3 is 2.67 bits per heavy atom. The van der Waals surface area contributed by atoms with Gasteiger partial charge in [0.05, 0.1) is 11.3 Å². The predicted octanol–water partition coefficient (Wildman–Crippen LogP) is 3.98. The topological polar surface area (TPSA) is 64.9 Å². The van der Waals surface area contributed by atoms with Gasteiger partial charge in [-0.3, -0.25) is 0 Å². The van der Waals surface area contributed by atoms with Gasteiger partial charge in [0.25, 0.3) is 5.89 Å². The van der Waals surface area contributed by atoms with Gasteiger partial charge < -0.3 is 10.3 Å². The van der Waals surface area contributed by atoms with Gasteiger partial charge in [-0.1, -0.05) is 41.1 Å². The highest BCUT2D eigenvalue weighted by molar-refractivity contribution is 9.10. The van der Waals surface area contributed by atoms with Crippen LogP contribution in [0.1, 0.15) is 17.0 Å². The number of para-hydroxylation sites is 1. The fourth-order valence-electron chi connectivity index (χ4n) is 2.05. The van der Waals surface area contributed by atoms with Gasteiger partial charge in [-0.2, -0.15) is 4.98 Å². The molecule has 0 spiro atoms. The number of rotatable bonds is 3. The zero-order valence-electron chi connectivity index (χ0n) is 11.5. The van der Waals surface area contributed by atoms with Crippen molar-refractivity contribution in [1.29, 1.82) is 0 Å². The normalized spacial score (nSPS) is 10.8. The van der Waals surface area contributed by atoms with Gasteiger partial charge in [0.2, 0.25) is 0 Å². The maximum Gasteiger partial charge on any atom is 0.260 e. The summed E-state index contributed by atoms with van der Waals surface area (Å²) in [5.41, 5.74) is 9.74. The third-order valence-electron chi connectivity index (χ3n) is 3.23. The second-order valence-corrected chi connectivity index (χ2v) is 5.73. The van der Waals surface area contributed by atoms with Gasteiger partial charge >= 0.3 is 0 Å². The molecule has 2 N–H and O–H groups in total. The van der Waals surface area contributed by atoms with Crippen LogP contribution in [0, 0.1) is 6.92 Å². The molecule has 0 fully saturated rings. The summed E-state index contributed by atoms with van der Waals surface area (Å²) in [6, 6.07) is 13.9. The lowest BCUT2D eigenvalue weighted by Crippen LogP contribution is -1.93. The maximum absolute atomic E-state index is 6.02. The lowest BCUT2D eigenvalue weighted by Gasteiger charge is -2.01. The summed E-state index contributed by atoms with van der Waals surface area (Å²) in [5, 5.41) is 4.02. The van der Waals surface area contributed by atoms with Gasteiger partial charge in [-0.25, -0.2) is 0 Å². The summed E-state index contributed by atoms with van der Waals surface area (Å²) in [7, 11) is 0. The molecule has 5 heteroatoms. The van der Waals surface area contributed by atoms with Gasteiger partial charge in [-0.05, 0) is 40.5 Å². The minimum Gasteiger partial charge on any atom is -0.397 e. The van der Waals surface area contributed by atoms with Crippen molar-refractivity contribution < 1.29 is 4.52 Å². The van der Waals surface area contributed by atoms with E-state index in [0.717, 1.165) is 15.6 Å². The molecule has 3 aromatic rings. The Morgan fingerprint density at radius 1 is 1.14 bits per heavy atom. The zero-order chi connectivity index (χ0) is 14.8. The molecule has 0 aliphatic heterocycles. The van der Waals surface area contributed by atoms with Crippen molar-refractivity contribution in [3.63, 3.8) is 0 Å². The molecule has 0 amide bonds. The molecule has 0 atom stereocenters. The third-order valence-corrected chi connectivity index (χ3v) is 3.93. The van der Waals surface area contributed by atoms with Gasteiger partial charge in [0, 0.05) is 10.9 Å². The number of halogens is 1. The summed E-state index contributed by atoms with van der Waals surface area (Å²) < 4.78 is 6.14. The van der Waals surface area contributed by atoms with Gasteiger partial charge in [-0.15, -0.1) is 0 Å². The minimum absolute atomic E-state index is 0.441. The van der Waals surface area contributed by atoms with Gasteiger partial charge in [0.15, 0.2) is 5.82 Å².